The van der Waals surface area contributed by atoms with Crippen LogP contribution in [0.3, 0.4) is 0 Å². The zero-order valence-corrected chi connectivity index (χ0v) is 22.8. The van der Waals surface area contributed by atoms with Gasteiger partial charge in [-0.3, -0.25) is 0 Å². The van der Waals surface area contributed by atoms with E-state index < -0.39 is 50.6 Å². The maximum atomic E-state index is 13.2. The SMILES string of the molecule is CC(C)OC(=O)[C@](C)(NC(=O)OCc1ccccc1)c1ccc2c(c1)C(C)(C)CC(OS(=O)(=O)C(F)(F)F)=N2. The van der Waals surface area contributed by atoms with E-state index in [-0.39, 0.29) is 18.7 Å². The molecule has 0 bridgehead atoms. The number of benzene rings is 2. The van der Waals surface area contributed by atoms with Gasteiger partial charge in [-0.25, -0.2) is 14.6 Å². The Morgan fingerprint density at radius 1 is 1.10 bits per heavy atom. The number of alkyl halides is 3. The average molecular weight is 571 g/mol. The highest BCUT2D eigenvalue weighted by atomic mass is 32.2. The van der Waals surface area contributed by atoms with Crippen LogP contribution in [0.2, 0.25) is 0 Å². The lowest BCUT2D eigenvalue weighted by Gasteiger charge is -2.34. The van der Waals surface area contributed by atoms with Gasteiger partial charge in [-0.2, -0.15) is 21.6 Å². The van der Waals surface area contributed by atoms with Crippen LogP contribution in [0.4, 0.5) is 23.7 Å². The summed E-state index contributed by atoms with van der Waals surface area (Å²) in [6, 6.07) is 13.3. The monoisotopic (exact) mass is 570 g/mol. The first-order chi connectivity index (χ1) is 17.9. The standard InChI is InChI=1S/C26H29F3N2O7S/c1-16(2)37-22(32)25(5,31-23(33)36-15-17-9-7-6-8-10-17)18-11-12-20-19(13-18)24(3,4)14-21(30-20)38-39(34,35)26(27,28)29/h6-13,16H,14-15H2,1-5H3,(H,31,33)/t25-/m1/s1. The Labute approximate surface area is 224 Å². The number of esters is 1. The molecule has 1 aliphatic heterocycles. The summed E-state index contributed by atoms with van der Waals surface area (Å²) >= 11 is 0. The van der Waals surface area contributed by atoms with E-state index in [9.17, 15) is 31.2 Å². The summed E-state index contributed by atoms with van der Waals surface area (Å²) in [5.74, 6) is -1.39. The number of halogens is 3. The van der Waals surface area contributed by atoms with Crippen molar-refractivity contribution in [3.05, 3.63) is 65.2 Å². The summed E-state index contributed by atoms with van der Waals surface area (Å²) in [7, 11) is -5.90. The molecule has 2 aromatic carbocycles. The molecule has 39 heavy (non-hydrogen) atoms. The van der Waals surface area contributed by atoms with Crippen LogP contribution in [-0.2, 0) is 46.1 Å². The Balaban J connectivity index is 1.96. The molecule has 0 fully saturated rings. The smallest absolute Gasteiger partial charge is 0.461 e. The van der Waals surface area contributed by atoms with Crippen LogP contribution >= 0.6 is 0 Å². The Morgan fingerprint density at radius 2 is 1.74 bits per heavy atom. The first kappa shape index (κ1) is 29.9. The molecule has 0 saturated carbocycles. The molecule has 3 rings (SSSR count). The van der Waals surface area contributed by atoms with E-state index in [0.717, 1.165) is 5.56 Å². The van der Waals surface area contributed by atoms with E-state index in [1.165, 1.54) is 19.1 Å². The van der Waals surface area contributed by atoms with Gasteiger partial charge in [0.15, 0.2) is 5.54 Å². The lowest BCUT2D eigenvalue weighted by Crippen LogP contribution is -2.51. The van der Waals surface area contributed by atoms with Gasteiger partial charge in [-0.05, 0) is 43.5 Å². The van der Waals surface area contributed by atoms with Crippen LogP contribution < -0.4 is 5.32 Å². The van der Waals surface area contributed by atoms with Crippen LogP contribution in [0.15, 0.2) is 53.5 Å². The highest BCUT2D eigenvalue weighted by molar-refractivity contribution is 7.88. The summed E-state index contributed by atoms with van der Waals surface area (Å²) in [6.07, 6.45) is -1.67. The summed E-state index contributed by atoms with van der Waals surface area (Å²) in [5, 5.41) is 2.58. The van der Waals surface area contributed by atoms with Gasteiger partial charge in [0.05, 0.1) is 11.8 Å². The third kappa shape index (κ3) is 6.88. The van der Waals surface area contributed by atoms with Crippen LogP contribution in [-0.4, -0.2) is 38.0 Å². The second kappa shape index (κ2) is 10.9. The first-order valence-electron chi connectivity index (χ1n) is 11.9. The molecule has 1 amide bonds. The van der Waals surface area contributed by atoms with Gasteiger partial charge in [0.1, 0.15) is 6.61 Å². The number of hydrogen-bond donors (Lipinski definition) is 1. The highest BCUT2D eigenvalue weighted by Gasteiger charge is 2.50. The number of aliphatic imine (C=N–C) groups is 1. The quantitative estimate of drug-likeness (QED) is 0.270. The fraction of sp³-hybridized carbons (Fsp3) is 0.423. The molecule has 0 radical (unpaired) electrons. The number of nitrogens with one attached hydrogen (secondary N) is 1. The summed E-state index contributed by atoms with van der Waals surface area (Å²) < 4.78 is 76.5. The molecule has 0 spiro atoms. The minimum atomic E-state index is -5.90. The molecule has 0 unspecified atom stereocenters. The Kier molecular flexibility index (Phi) is 8.34. The normalized spacial score (nSPS) is 16.4. The Bertz CT molecular complexity index is 1370. The van der Waals surface area contributed by atoms with Crippen molar-refractivity contribution in [3.63, 3.8) is 0 Å². The number of nitrogens with zero attached hydrogens (tertiary/aromatic N) is 1. The molecule has 1 atom stereocenters. The van der Waals surface area contributed by atoms with Crippen LogP contribution in [0.1, 0.15) is 57.7 Å². The maximum absolute atomic E-state index is 13.2. The van der Waals surface area contributed by atoms with E-state index in [1.807, 2.05) is 6.07 Å². The predicted molar refractivity (Wildman–Crippen MR) is 136 cm³/mol. The molecule has 1 heterocycles. The Hall–Kier alpha value is -3.61. The van der Waals surface area contributed by atoms with E-state index in [0.29, 0.717) is 11.1 Å². The van der Waals surface area contributed by atoms with Gasteiger partial charge < -0.3 is 19.0 Å². The number of hydrogen-bond acceptors (Lipinski definition) is 8. The third-order valence-corrected chi connectivity index (χ3v) is 6.93. The van der Waals surface area contributed by atoms with E-state index in [4.69, 9.17) is 9.47 Å². The van der Waals surface area contributed by atoms with Crippen molar-refractivity contribution in [1.82, 2.24) is 5.32 Å². The highest BCUT2D eigenvalue weighted by Crippen LogP contribution is 2.42. The van der Waals surface area contributed by atoms with Crippen LogP contribution in [0.5, 0.6) is 0 Å². The van der Waals surface area contributed by atoms with Crippen LogP contribution in [0, 0.1) is 0 Å². The number of carbonyl (C=O) groups is 2. The molecule has 1 aliphatic rings. The molecule has 212 valence electrons. The predicted octanol–water partition coefficient (Wildman–Crippen LogP) is 5.36. The molecular weight excluding hydrogens is 541 g/mol. The number of alkyl carbamates (subject to hydrolysis) is 1. The Morgan fingerprint density at radius 3 is 2.33 bits per heavy atom. The van der Waals surface area contributed by atoms with Gasteiger partial charge >= 0.3 is 27.7 Å². The van der Waals surface area contributed by atoms with Crippen molar-refractivity contribution in [2.24, 2.45) is 4.99 Å². The molecule has 0 aromatic heterocycles. The van der Waals surface area contributed by atoms with E-state index >= 15 is 0 Å². The molecular formula is C26H29F3N2O7S. The second-order valence-corrected chi connectivity index (χ2v) is 11.6. The average Bonchev–Trinajstić information content (AvgIpc) is 2.81. The van der Waals surface area contributed by atoms with E-state index in [2.05, 4.69) is 14.5 Å². The second-order valence-electron chi connectivity index (χ2n) is 10.0. The molecule has 13 heteroatoms. The van der Waals surface area contributed by atoms with Gasteiger partial charge in [-0.1, -0.05) is 56.3 Å². The fourth-order valence-corrected chi connectivity index (χ4v) is 4.34. The molecule has 9 nitrogen and oxygen atoms in total. The topological polar surface area (TPSA) is 120 Å². The minimum absolute atomic E-state index is 0.0441. The van der Waals surface area contributed by atoms with Gasteiger partial charge in [0, 0.05) is 11.8 Å². The fourth-order valence-electron chi connectivity index (χ4n) is 3.89. The van der Waals surface area contributed by atoms with Crippen molar-refractivity contribution in [2.45, 2.75) is 70.2 Å². The first-order valence-corrected chi connectivity index (χ1v) is 13.3. The minimum Gasteiger partial charge on any atom is -0.461 e. The third-order valence-electron chi connectivity index (χ3n) is 5.95. The van der Waals surface area contributed by atoms with Gasteiger partial charge in [0.25, 0.3) is 0 Å². The largest absolute Gasteiger partial charge is 0.534 e. The zero-order chi connectivity index (χ0) is 29.2. The number of ether oxygens (including phenoxy) is 2. The van der Waals surface area contributed by atoms with Crippen molar-refractivity contribution in [3.8, 4) is 0 Å². The van der Waals surface area contributed by atoms with Crippen molar-refractivity contribution in [1.29, 1.82) is 0 Å². The van der Waals surface area contributed by atoms with Gasteiger partial charge in [0.2, 0.25) is 5.90 Å². The lowest BCUT2D eigenvalue weighted by atomic mass is 9.76. The number of carbonyl (C=O) groups excluding carboxylic acids is 2. The number of amides is 1. The summed E-state index contributed by atoms with van der Waals surface area (Å²) in [5.41, 5.74) is -6.63. The van der Waals surface area contributed by atoms with E-state index in [1.54, 1.807) is 58.0 Å². The van der Waals surface area contributed by atoms with Crippen LogP contribution in [0.25, 0.3) is 0 Å². The maximum Gasteiger partial charge on any atom is 0.534 e. The number of fused-ring (bicyclic) bond motifs is 1. The molecule has 2 aromatic rings. The summed E-state index contributed by atoms with van der Waals surface area (Å²) in [4.78, 5) is 29.9. The molecule has 1 N–H and O–H groups in total. The lowest BCUT2D eigenvalue weighted by molar-refractivity contribution is -0.155. The van der Waals surface area contributed by atoms with Crippen molar-refractivity contribution in [2.75, 3.05) is 0 Å². The number of rotatable bonds is 7. The van der Waals surface area contributed by atoms with Crippen molar-refractivity contribution >= 4 is 33.8 Å². The zero-order valence-electron chi connectivity index (χ0n) is 22.0. The van der Waals surface area contributed by atoms with Crippen molar-refractivity contribution < 1.29 is 44.8 Å². The van der Waals surface area contributed by atoms with Gasteiger partial charge in [-0.15, -0.1) is 0 Å². The molecule has 0 aliphatic carbocycles. The molecule has 0 saturated heterocycles. The summed E-state index contributed by atoms with van der Waals surface area (Å²) in [6.45, 7) is 7.99.